The number of carbonyl (C=O) groups is 1. The largest absolute Gasteiger partial charge is 0.339 e. The molecule has 1 saturated heterocycles. The van der Waals surface area contributed by atoms with Crippen LogP contribution in [0, 0.1) is 5.92 Å². The van der Waals surface area contributed by atoms with Gasteiger partial charge in [0.1, 0.15) is 0 Å². The average Bonchev–Trinajstić information content (AvgIpc) is 3.09. The molecule has 0 bridgehead atoms. The molecule has 0 spiro atoms. The van der Waals surface area contributed by atoms with Crippen LogP contribution in [0.5, 0.6) is 0 Å². The summed E-state index contributed by atoms with van der Waals surface area (Å²) in [4.78, 5) is 19.5. The first-order valence-corrected chi connectivity index (χ1v) is 8.85. The van der Waals surface area contributed by atoms with Crippen molar-refractivity contribution in [1.82, 2.24) is 9.88 Å². The molecule has 1 fully saturated rings. The number of thioether (sulfide) groups is 1. The fourth-order valence-electron chi connectivity index (χ4n) is 2.65. The molecule has 0 N–H and O–H groups in total. The molecule has 1 atom stereocenters. The number of amides is 1. The molecule has 3 nitrogen and oxygen atoms in total. The lowest BCUT2D eigenvalue weighted by atomic mass is 10.2. The lowest BCUT2D eigenvalue weighted by molar-refractivity contribution is -0.125. The summed E-state index contributed by atoms with van der Waals surface area (Å²) in [6.07, 6.45) is 8.07. The van der Waals surface area contributed by atoms with Gasteiger partial charge >= 0.3 is 0 Å². The lowest BCUT2D eigenvalue weighted by Crippen LogP contribution is -2.27. The van der Waals surface area contributed by atoms with E-state index in [-0.39, 0.29) is 5.91 Å². The van der Waals surface area contributed by atoms with Crippen LogP contribution in [0.2, 0.25) is 0 Å². The van der Waals surface area contributed by atoms with Crippen LogP contribution >= 0.6 is 11.8 Å². The van der Waals surface area contributed by atoms with Crippen LogP contribution in [-0.2, 0) is 4.79 Å². The Kier molecular flexibility index (Phi) is 5.48. The maximum Gasteiger partial charge on any atom is 0.246 e. The maximum absolute atomic E-state index is 12.3. The highest BCUT2D eigenvalue weighted by Crippen LogP contribution is 2.26. The summed E-state index contributed by atoms with van der Waals surface area (Å²) in [6.45, 7) is 1.71. The molecule has 2 heterocycles. The maximum atomic E-state index is 12.3. The second-order valence-electron chi connectivity index (χ2n) is 5.68. The Balaban J connectivity index is 1.47. The summed E-state index contributed by atoms with van der Waals surface area (Å²) < 4.78 is 0. The third-order valence-electron chi connectivity index (χ3n) is 3.93. The van der Waals surface area contributed by atoms with Crippen LogP contribution in [0.15, 0.2) is 65.8 Å². The van der Waals surface area contributed by atoms with Crippen molar-refractivity contribution in [3.8, 4) is 0 Å². The second-order valence-corrected chi connectivity index (χ2v) is 6.78. The van der Waals surface area contributed by atoms with E-state index in [1.807, 2.05) is 40.9 Å². The molecule has 0 saturated carbocycles. The molecule has 0 unspecified atom stereocenters. The Morgan fingerprint density at radius 1 is 1.26 bits per heavy atom. The summed E-state index contributed by atoms with van der Waals surface area (Å²) in [5.41, 5.74) is 0.955. The summed E-state index contributed by atoms with van der Waals surface area (Å²) in [7, 11) is 0. The van der Waals surface area contributed by atoms with Crippen LogP contribution < -0.4 is 0 Å². The fourth-order valence-corrected chi connectivity index (χ4v) is 3.70. The minimum Gasteiger partial charge on any atom is -0.339 e. The van der Waals surface area contributed by atoms with Gasteiger partial charge in [-0.3, -0.25) is 9.78 Å². The van der Waals surface area contributed by atoms with Crippen molar-refractivity contribution < 1.29 is 4.79 Å². The Hall–Kier alpha value is -2.07. The van der Waals surface area contributed by atoms with Crippen molar-refractivity contribution in [2.45, 2.75) is 11.3 Å². The minimum atomic E-state index is 0.0982. The van der Waals surface area contributed by atoms with Crippen molar-refractivity contribution in [1.29, 1.82) is 0 Å². The number of hydrogen-bond donors (Lipinski definition) is 0. The van der Waals surface area contributed by atoms with Gasteiger partial charge in [-0.2, -0.15) is 0 Å². The van der Waals surface area contributed by atoms with Gasteiger partial charge in [0.25, 0.3) is 0 Å². The van der Waals surface area contributed by atoms with E-state index >= 15 is 0 Å². The third kappa shape index (κ3) is 4.70. The number of rotatable bonds is 5. The molecule has 4 heteroatoms. The Morgan fingerprint density at radius 3 is 2.91 bits per heavy atom. The number of hydrogen-bond acceptors (Lipinski definition) is 3. The van der Waals surface area contributed by atoms with Crippen LogP contribution in [0.25, 0.3) is 6.08 Å². The van der Waals surface area contributed by atoms with Crippen molar-refractivity contribution in [3.05, 3.63) is 66.5 Å². The standard InChI is InChI=1S/C19H20N2OS/c22-19(9-8-16-5-4-11-20-13-16)21-12-10-17(14-21)15-23-18-6-2-1-3-7-18/h1-9,11,13,17H,10,12,14-15H2/b9-8+/t17-/m1/s1. The number of benzene rings is 1. The topological polar surface area (TPSA) is 33.2 Å². The van der Waals surface area contributed by atoms with E-state index in [1.165, 1.54) is 4.90 Å². The first-order valence-electron chi connectivity index (χ1n) is 7.86. The zero-order chi connectivity index (χ0) is 15.9. The molecular weight excluding hydrogens is 304 g/mol. The number of pyridine rings is 1. The monoisotopic (exact) mass is 324 g/mol. The molecule has 1 amide bonds. The zero-order valence-electron chi connectivity index (χ0n) is 13.0. The number of nitrogens with zero attached hydrogens (tertiary/aromatic N) is 2. The summed E-state index contributed by atoms with van der Waals surface area (Å²) >= 11 is 1.88. The highest BCUT2D eigenvalue weighted by Gasteiger charge is 2.24. The Morgan fingerprint density at radius 2 is 2.13 bits per heavy atom. The van der Waals surface area contributed by atoms with Crippen molar-refractivity contribution in [2.24, 2.45) is 5.92 Å². The van der Waals surface area contributed by atoms with Gasteiger partial charge in [0, 0.05) is 42.2 Å². The van der Waals surface area contributed by atoms with Gasteiger partial charge in [-0.25, -0.2) is 0 Å². The molecule has 0 aliphatic carbocycles. The van der Waals surface area contributed by atoms with E-state index in [0.29, 0.717) is 5.92 Å². The molecular formula is C19H20N2OS. The molecule has 3 rings (SSSR count). The van der Waals surface area contributed by atoms with Crippen LogP contribution in [0.4, 0.5) is 0 Å². The Labute approximate surface area is 141 Å². The van der Waals surface area contributed by atoms with Gasteiger partial charge in [-0.05, 0) is 42.2 Å². The van der Waals surface area contributed by atoms with Crippen molar-refractivity contribution in [2.75, 3.05) is 18.8 Å². The number of carbonyl (C=O) groups excluding carboxylic acids is 1. The van der Waals surface area contributed by atoms with E-state index in [2.05, 4.69) is 29.2 Å². The van der Waals surface area contributed by atoms with E-state index in [0.717, 1.165) is 30.8 Å². The van der Waals surface area contributed by atoms with Crippen LogP contribution in [0.3, 0.4) is 0 Å². The molecule has 23 heavy (non-hydrogen) atoms. The van der Waals surface area contributed by atoms with E-state index in [9.17, 15) is 4.79 Å². The normalized spacial score (nSPS) is 17.7. The van der Waals surface area contributed by atoms with Gasteiger partial charge in [-0.15, -0.1) is 11.8 Å². The lowest BCUT2D eigenvalue weighted by Gasteiger charge is -2.14. The van der Waals surface area contributed by atoms with Crippen molar-refractivity contribution >= 4 is 23.7 Å². The molecule has 118 valence electrons. The first-order chi connectivity index (χ1) is 11.3. The van der Waals surface area contributed by atoms with E-state index in [4.69, 9.17) is 0 Å². The van der Waals surface area contributed by atoms with Crippen LogP contribution in [-0.4, -0.2) is 34.6 Å². The highest BCUT2D eigenvalue weighted by molar-refractivity contribution is 7.99. The second kappa shape index (κ2) is 7.97. The highest BCUT2D eigenvalue weighted by atomic mass is 32.2. The predicted octanol–water partition coefficient (Wildman–Crippen LogP) is 3.74. The first kappa shape index (κ1) is 15.8. The summed E-state index contributed by atoms with van der Waals surface area (Å²) in [6, 6.07) is 14.3. The van der Waals surface area contributed by atoms with E-state index in [1.54, 1.807) is 18.5 Å². The van der Waals surface area contributed by atoms with E-state index < -0.39 is 0 Å². The van der Waals surface area contributed by atoms with Gasteiger partial charge in [-0.1, -0.05) is 24.3 Å². The Bertz CT molecular complexity index is 658. The number of aromatic nitrogens is 1. The molecule has 1 aromatic carbocycles. The van der Waals surface area contributed by atoms with Crippen LogP contribution in [0.1, 0.15) is 12.0 Å². The molecule has 1 aliphatic heterocycles. The summed E-state index contributed by atoms with van der Waals surface area (Å²) in [5, 5.41) is 0. The molecule has 2 aromatic rings. The SMILES string of the molecule is O=C(/C=C/c1cccnc1)N1CC[C@@H](CSc2ccccc2)C1. The summed E-state index contributed by atoms with van der Waals surface area (Å²) in [5.74, 6) is 1.75. The minimum absolute atomic E-state index is 0.0982. The molecule has 1 aliphatic rings. The third-order valence-corrected chi connectivity index (χ3v) is 5.17. The fraction of sp³-hybridized carbons (Fsp3) is 0.263. The smallest absolute Gasteiger partial charge is 0.246 e. The average molecular weight is 324 g/mol. The quantitative estimate of drug-likeness (QED) is 0.620. The van der Waals surface area contributed by atoms with Gasteiger partial charge in [0.05, 0.1) is 0 Å². The number of likely N-dealkylation sites (tertiary alicyclic amines) is 1. The predicted molar refractivity (Wildman–Crippen MR) is 95.1 cm³/mol. The van der Waals surface area contributed by atoms with Crippen molar-refractivity contribution in [3.63, 3.8) is 0 Å². The molecule has 1 aromatic heterocycles. The zero-order valence-corrected chi connectivity index (χ0v) is 13.8. The van der Waals surface area contributed by atoms with Gasteiger partial charge in [0.2, 0.25) is 5.91 Å². The van der Waals surface area contributed by atoms with Gasteiger partial charge in [0.15, 0.2) is 0 Å². The molecule has 0 radical (unpaired) electrons. The van der Waals surface area contributed by atoms with Gasteiger partial charge < -0.3 is 4.90 Å².